The van der Waals surface area contributed by atoms with Crippen LogP contribution >= 0.6 is 0 Å². The lowest BCUT2D eigenvalue weighted by atomic mass is 10.1. The van der Waals surface area contributed by atoms with Crippen LogP contribution in [0.3, 0.4) is 0 Å². The smallest absolute Gasteiger partial charge is 0.243 e. The highest BCUT2D eigenvalue weighted by Crippen LogP contribution is 2.18. The molecule has 0 saturated heterocycles. The summed E-state index contributed by atoms with van der Waals surface area (Å²) in [6, 6.07) is 11.7. The normalized spacial score (nSPS) is 10.3. The van der Waals surface area contributed by atoms with Gasteiger partial charge in [0.2, 0.25) is 5.91 Å². The minimum absolute atomic E-state index is 0.0468. The summed E-state index contributed by atoms with van der Waals surface area (Å²) < 4.78 is 0. The second-order valence-corrected chi connectivity index (χ2v) is 5.29. The molecule has 0 aliphatic heterocycles. The molecule has 0 unspecified atom stereocenters. The van der Waals surface area contributed by atoms with Crippen molar-refractivity contribution in [2.24, 2.45) is 0 Å². The Bertz CT molecular complexity index is 652. The van der Waals surface area contributed by atoms with Crippen LogP contribution in [0, 0.1) is 20.8 Å². The first-order chi connectivity index (χ1) is 9.97. The van der Waals surface area contributed by atoms with E-state index in [-0.39, 0.29) is 12.5 Å². The van der Waals surface area contributed by atoms with Gasteiger partial charge in [-0.3, -0.25) is 4.79 Å². The molecule has 4 nitrogen and oxygen atoms in total. The van der Waals surface area contributed by atoms with Gasteiger partial charge < -0.3 is 10.2 Å². The highest BCUT2D eigenvalue weighted by Gasteiger charge is 2.10. The number of hydrogen-bond donors (Lipinski definition) is 1. The lowest BCUT2D eigenvalue weighted by Crippen LogP contribution is -2.30. The SMILES string of the molecule is Cc1cccc(N(C)CC(=O)Nc2cccc(C)c2C)n1. The predicted octanol–water partition coefficient (Wildman–Crippen LogP) is 3.08. The fraction of sp³-hybridized carbons (Fsp3) is 0.294. The molecule has 4 heteroatoms. The van der Waals surface area contributed by atoms with Gasteiger partial charge in [0.1, 0.15) is 5.82 Å². The predicted molar refractivity (Wildman–Crippen MR) is 86.8 cm³/mol. The van der Waals surface area contributed by atoms with E-state index in [0.717, 1.165) is 22.8 Å². The molecular weight excluding hydrogens is 262 g/mol. The maximum absolute atomic E-state index is 12.2. The lowest BCUT2D eigenvalue weighted by Gasteiger charge is -2.18. The van der Waals surface area contributed by atoms with Crippen molar-refractivity contribution in [1.29, 1.82) is 0 Å². The molecule has 0 spiro atoms. The third kappa shape index (κ3) is 3.81. The second kappa shape index (κ2) is 6.39. The largest absolute Gasteiger partial charge is 0.350 e. The number of likely N-dealkylation sites (N-methyl/N-ethyl adjacent to an activating group) is 1. The highest BCUT2D eigenvalue weighted by molar-refractivity contribution is 5.94. The van der Waals surface area contributed by atoms with Crippen molar-refractivity contribution in [3.8, 4) is 0 Å². The van der Waals surface area contributed by atoms with Crippen molar-refractivity contribution in [2.75, 3.05) is 23.8 Å². The van der Waals surface area contributed by atoms with Gasteiger partial charge in [-0.15, -0.1) is 0 Å². The van der Waals surface area contributed by atoms with Crippen molar-refractivity contribution >= 4 is 17.4 Å². The molecule has 0 saturated carbocycles. The van der Waals surface area contributed by atoms with E-state index in [1.807, 2.05) is 69.1 Å². The molecule has 0 bridgehead atoms. The Morgan fingerprint density at radius 1 is 1.14 bits per heavy atom. The highest BCUT2D eigenvalue weighted by atomic mass is 16.2. The Morgan fingerprint density at radius 3 is 2.57 bits per heavy atom. The minimum atomic E-state index is -0.0468. The average Bonchev–Trinajstić information content (AvgIpc) is 2.44. The maximum Gasteiger partial charge on any atom is 0.243 e. The van der Waals surface area contributed by atoms with E-state index in [1.54, 1.807) is 0 Å². The first kappa shape index (κ1) is 15.0. The third-order valence-electron chi connectivity index (χ3n) is 3.52. The zero-order chi connectivity index (χ0) is 15.4. The zero-order valence-electron chi connectivity index (χ0n) is 13.0. The average molecular weight is 283 g/mol. The number of carbonyl (C=O) groups is 1. The Hall–Kier alpha value is -2.36. The van der Waals surface area contributed by atoms with Gasteiger partial charge >= 0.3 is 0 Å². The monoisotopic (exact) mass is 283 g/mol. The topological polar surface area (TPSA) is 45.2 Å². The van der Waals surface area contributed by atoms with Crippen LogP contribution in [0.15, 0.2) is 36.4 Å². The molecule has 1 aromatic carbocycles. The van der Waals surface area contributed by atoms with Gasteiger partial charge in [-0.25, -0.2) is 4.98 Å². The van der Waals surface area contributed by atoms with E-state index in [2.05, 4.69) is 10.3 Å². The van der Waals surface area contributed by atoms with Crippen LogP contribution in [0.25, 0.3) is 0 Å². The molecule has 0 atom stereocenters. The van der Waals surface area contributed by atoms with Gasteiger partial charge in [-0.2, -0.15) is 0 Å². The van der Waals surface area contributed by atoms with E-state index in [4.69, 9.17) is 0 Å². The van der Waals surface area contributed by atoms with E-state index in [1.165, 1.54) is 5.56 Å². The number of carbonyl (C=O) groups excluding carboxylic acids is 1. The summed E-state index contributed by atoms with van der Waals surface area (Å²) in [6.45, 7) is 6.25. The van der Waals surface area contributed by atoms with Crippen molar-refractivity contribution in [3.63, 3.8) is 0 Å². The number of aryl methyl sites for hydroxylation is 2. The summed E-state index contributed by atoms with van der Waals surface area (Å²) in [6.07, 6.45) is 0. The number of anilines is 2. The number of aromatic nitrogens is 1. The fourth-order valence-electron chi connectivity index (χ4n) is 2.11. The minimum Gasteiger partial charge on any atom is -0.350 e. The summed E-state index contributed by atoms with van der Waals surface area (Å²) in [5, 5.41) is 2.96. The molecule has 2 rings (SSSR count). The van der Waals surface area contributed by atoms with Crippen LogP contribution < -0.4 is 10.2 Å². The molecule has 1 aromatic heterocycles. The van der Waals surface area contributed by atoms with Gasteiger partial charge in [0.15, 0.2) is 0 Å². The van der Waals surface area contributed by atoms with Crippen molar-refractivity contribution < 1.29 is 4.79 Å². The van der Waals surface area contributed by atoms with E-state index in [9.17, 15) is 4.79 Å². The molecule has 1 heterocycles. The Labute approximate surface area is 125 Å². The third-order valence-corrected chi connectivity index (χ3v) is 3.52. The number of nitrogens with one attached hydrogen (secondary N) is 1. The number of rotatable bonds is 4. The molecule has 110 valence electrons. The second-order valence-electron chi connectivity index (χ2n) is 5.29. The zero-order valence-corrected chi connectivity index (χ0v) is 13.0. The Morgan fingerprint density at radius 2 is 1.86 bits per heavy atom. The van der Waals surface area contributed by atoms with Crippen LogP contribution in [0.1, 0.15) is 16.8 Å². The molecule has 0 radical (unpaired) electrons. The maximum atomic E-state index is 12.2. The van der Waals surface area contributed by atoms with Gasteiger partial charge in [-0.1, -0.05) is 18.2 Å². The molecule has 0 fully saturated rings. The van der Waals surface area contributed by atoms with Crippen LogP contribution in [0.4, 0.5) is 11.5 Å². The van der Waals surface area contributed by atoms with Gasteiger partial charge in [-0.05, 0) is 50.1 Å². The number of pyridine rings is 1. The summed E-state index contributed by atoms with van der Waals surface area (Å²) in [5.74, 6) is 0.751. The van der Waals surface area contributed by atoms with E-state index < -0.39 is 0 Å². The summed E-state index contributed by atoms with van der Waals surface area (Å²) in [4.78, 5) is 18.4. The van der Waals surface area contributed by atoms with E-state index >= 15 is 0 Å². The van der Waals surface area contributed by atoms with Crippen molar-refractivity contribution in [3.05, 3.63) is 53.2 Å². The number of amides is 1. The molecular formula is C17H21N3O. The molecule has 1 N–H and O–H groups in total. The summed E-state index contributed by atoms with van der Waals surface area (Å²) in [7, 11) is 1.87. The number of nitrogens with zero attached hydrogens (tertiary/aromatic N) is 2. The molecule has 2 aromatic rings. The van der Waals surface area contributed by atoms with Gasteiger partial charge in [0, 0.05) is 18.4 Å². The quantitative estimate of drug-likeness (QED) is 0.938. The standard InChI is InChI=1S/C17H21N3O/c1-12-7-5-9-15(14(12)3)19-17(21)11-20(4)16-10-6-8-13(2)18-16/h5-10H,11H2,1-4H3,(H,19,21). The summed E-state index contributed by atoms with van der Waals surface area (Å²) in [5.41, 5.74) is 4.07. The molecule has 21 heavy (non-hydrogen) atoms. The first-order valence-corrected chi connectivity index (χ1v) is 6.98. The van der Waals surface area contributed by atoms with Crippen LogP contribution in [0.5, 0.6) is 0 Å². The Balaban J connectivity index is 2.03. The van der Waals surface area contributed by atoms with Gasteiger partial charge in [0.25, 0.3) is 0 Å². The fourth-order valence-corrected chi connectivity index (χ4v) is 2.11. The van der Waals surface area contributed by atoms with Crippen molar-refractivity contribution in [2.45, 2.75) is 20.8 Å². The van der Waals surface area contributed by atoms with Gasteiger partial charge in [0.05, 0.1) is 6.54 Å². The van der Waals surface area contributed by atoms with Crippen LogP contribution in [-0.4, -0.2) is 24.5 Å². The van der Waals surface area contributed by atoms with E-state index in [0.29, 0.717) is 0 Å². The molecule has 1 amide bonds. The Kier molecular flexibility index (Phi) is 4.58. The molecule has 0 aliphatic rings. The first-order valence-electron chi connectivity index (χ1n) is 6.98. The number of benzene rings is 1. The van der Waals surface area contributed by atoms with Crippen LogP contribution in [-0.2, 0) is 4.79 Å². The summed E-state index contributed by atoms with van der Waals surface area (Å²) >= 11 is 0. The number of hydrogen-bond acceptors (Lipinski definition) is 3. The lowest BCUT2D eigenvalue weighted by molar-refractivity contribution is -0.114. The van der Waals surface area contributed by atoms with Crippen LogP contribution in [0.2, 0.25) is 0 Å². The molecule has 0 aliphatic carbocycles. The van der Waals surface area contributed by atoms with Crippen molar-refractivity contribution in [1.82, 2.24) is 4.98 Å².